The van der Waals surface area contributed by atoms with Crippen LogP contribution in [0.1, 0.15) is 49.8 Å². The second-order valence-electron chi connectivity index (χ2n) is 9.61. The van der Waals surface area contributed by atoms with Gasteiger partial charge in [0.15, 0.2) is 23.0 Å². The molecule has 0 N–H and O–H groups in total. The van der Waals surface area contributed by atoms with E-state index >= 15 is 0 Å². The van der Waals surface area contributed by atoms with E-state index in [2.05, 4.69) is 6.92 Å². The highest BCUT2D eigenvalue weighted by Gasteiger charge is 2.43. The van der Waals surface area contributed by atoms with Crippen molar-refractivity contribution in [3.8, 4) is 23.0 Å². The minimum Gasteiger partial charge on any atom is -0.493 e. The van der Waals surface area contributed by atoms with Gasteiger partial charge in [-0.3, -0.25) is 9.59 Å². The van der Waals surface area contributed by atoms with Gasteiger partial charge in [-0.1, -0.05) is 19.1 Å². The fourth-order valence-corrected chi connectivity index (χ4v) is 5.37. The number of rotatable bonds is 6. The maximum absolute atomic E-state index is 14.0. The molecule has 0 aromatic heterocycles. The normalized spacial score (nSPS) is 24.0. The SMILES string of the molecule is COc1ccc([C@@H]2C(=O)N(C3CCC(C)CC3)CC(=O)N2Cc2ccc3c(c2)OCO3)cc1OC. The zero-order valence-electron chi connectivity index (χ0n) is 20.5. The topological polar surface area (TPSA) is 77.5 Å². The first-order chi connectivity index (χ1) is 17.0. The maximum atomic E-state index is 14.0. The molecule has 8 heteroatoms. The lowest BCUT2D eigenvalue weighted by molar-refractivity contribution is -0.160. The fraction of sp³-hybridized carbons (Fsp3) is 0.481. The van der Waals surface area contributed by atoms with Gasteiger partial charge in [0, 0.05) is 12.6 Å². The Kier molecular flexibility index (Phi) is 6.45. The lowest BCUT2D eigenvalue weighted by Crippen LogP contribution is -2.58. The molecule has 2 fully saturated rings. The zero-order valence-corrected chi connectivity index (χ0v) is 20.5. The molecule has 0 radical (unpaired) electrons. The van der Waals surface area contributed by atoms with Crippen molar-refractivity contribution in [2.45, 2.75) is 51.2 Å². The number of piperazine rings is 1. The van der Waals surface area contributed by atoms with Gasteiger partial charge in [-0.15, -0.1) is 0 Å². The molecule has 1 atom stereocenters. The van der Waals surface area contributed by atoms with Crippen LogP contribution in [0.3, 0.4) is 0 Å². The Morgan fingerprint density at radius 1 is 0.914 bits per heavy atom. The quantitative estimate of drug-likeness (QED) is 0.624. The van der Waals surface area contributed by atoms with Gasteiger partial charge in [0.2, 0.25) is 12.7 Å². The molecule has 0 bridgehead atoms. The molecular formula is C27H32N2O6. The summed E-state index contributed by atoms with van der Waals surface area (Å²) in [6.45, 7) is 2.82. The summed E-state index contributed by atoms with van der Waals surface area (Å²) in [5, 5.41) is 0. The van der Waals surface area contributed by atoms with Crippen molar-refractivity contribution in [2.75, 3.05) is 27.6 Å². The number of methoxy groups -OCH3 is 2. The number of benzene rings is 2. The summed E-state index contributed by atoms with van der Waals surface area (Å²) in [4.78, 5) is 31.1. The molecule has 1 saturated carbocycles. The fourth-order valence-electron chi connectivity index (χ4n) is 5.37. The monoisotopic (exact) mass is 480 g/mol. The van der Waals surface area contributed by atoms with E-state index in [-0.39, 0.29) is 37.7 Å². The van der Waals surface area contributed by atoms with Crippen LogP contribution in [0.25, 0.3) is 0 Å². The van der Waals surface area contributed by atoms with Gasteiger partial charge in [0.25, 0.3) is 5.91 Å². The predicted molar refractivity (Wildman–Crippen MR) is 129 cm³/mol. The van der Waals surface area contributed by atoms with Crippen molar-refractivity contribution < 1.29 is 28.5 Å². The Balaban J connectivity index is 1.49. The van der Waals surface area contributed by atoms with Crippen LogP contribution >= 0.6 is 0 Å². The van der Waals surface area contributed by atoms with E-state index in [4.69, 9.17) is 18.9 Å². The molecule has 1 aliphatic carbocycles. The summed E-state index contributed by atoms with van der Waals surface area (Å²) in [6.07, 6.45) is 4.01. The Hall–Kier alpha value is -3.42. The van der Waals surface area contributed by atoms with Gasteiger partial charge in [-0.2, -0.15) is 0 Å². The molecule has 2 aliphatic heterocycles. The molecule has 1 saturated heterocycles. The van der Waals surface area contributed by atoms with Crippen molar-refractivity contribution in [3.05, 3.63) is 47.5 Å². The summed E-state index contributed by atoms with van der Waals surface area (Å²) in [5.74, 6) is 2.98. The van der Waals surface area contributed by atoms with E-state index in [0.29, 0.717) is 34.5 Å². The van der Waals surface area contributed by atoms with Crippen molar-refractivity contribution in [2.24, 2.45) is 5.92 Å². The number of amides is 2. The number of fused-ring (bicyclic) bond motifs is 1. The molecule has 2 amide bonds. The highest BCUT2D eigenvalue weighted by Crippen LogP contribution is 2.39. The first-order valence-electron chi connectivity index (χ1n) is 12.2. The number of ether oxygens (including phenoxy) is 4. The molecule has 2 aromatic carbocycles. The molecule has 8 nitrogen and oxygen atoms in total. The van der Waals surface area contributed by atoms with Crippen LogP contribution in [0.2, 0.25) is 0 Å². The van der Waals surface area contributed by atoms with Gasteiger partial charge in [-0.05, 0) is 67.0 Å². The summed E-state index contributed by atoms with van der Waals surface area (Å²) in [6, 6.07) is 10.4. The second-order valence-corrected chi connectivity index (χ2v) is 9.61. The largest absolute Gasteiger partial charge is 0.493 e. The Bertz CT molecular complexity index is 1110. The number of carbonyl (C=O) groups excluding carboxylic acids is 2. The van der Waals surface area contributed by atoms with Crippen molar-refractivity contribution >= 4 is 11.8 Å². The van der Waals surface area contributed by atoms with Gasteiger partial charge in [-0.25, -0.2) is 0 Å². The van der Waals surface area contributed by atoms with Crippen LogP contribution in [0.4, 0.5) is 0 Å². The van der Waals surface area contributed by atoms with Crippen LogP contribution in [0, 0.1) is 5.92 Å². The van der Waals surface area contributed by atoms with Gasteiger partial charge in [0.1, 0.15) is 12.6 Å². The summed E-state index contributed by atoms with van der Waals surface area (Å²) in [5.41, 5.74) is 1.58. The van der Waals surface area contributed by atoms with E-state index in [0.717, 1.165) is 31.2 Å². The summed E-state index contributed by atoms with van der Waals surface area (Å²) in [7, 11) is 3.14. The predicted octanol–water partition coefficient (Wildman–Crippen LogP) is 3.92. The van der Waals surface area contributed by atoms with Gasteiger partial charge < -0.3 is 28.7 Å². The van der Waals surface area contributed by atoms with E-state index in [1.54, 1.807) is 31.3 Å². The lowest BCUT2D eigenvalue weighted by Gasteiger charge is -2.45. The average molecular weight is 481 g/mol. The zero-order chi connectivity index (χ0) is 24.5. The van der Waals surface area contributed by atoms with E-state index in [1.165, 1.54) is 0 Å². The van der Waals surface area contributed by atoms with E-state index in [9.17, 15) is 9.59 Å². The number of nitrogens with zero attached hydrogens (tertiary/aromatic N) is 2. The third-order valence-electron chi connectivity index (χ3n) is 7.39. The highest BCUT2D eigenvalue weighted by atomic mass is 16.7. The minimum atomic E-state index is -0.749. The number of hydrogen-bond donors (Lipinski definition) is 0. The Labute approximate surface area is 205 Å². The van der Waals surface area contributed by atoms with Crippen LogP contribution in [-0.2, 0) is 16.1 Å². The third kappa shape index (κ3) is 4.49. The highest BCUT2D eigenvalue weighted by molar-refractivity contribution is 5.96. The molecule has 5 rings (SSSR count). The molecule has 35 heavy (non-hydrogen) atoms. The Morgan fingerprint density at radius 2 is 1.66 bits per heavy atom. The number of carbonyl (C=O) groups is 2. The van der Waals surface area contributed by atoms with Crippen molar-refractivity contribution in [1.29, 1.82) is 0 Å². The molecular weight excluding hydrogens is 448 g/mol. The van der Waals surface area contributed by atoms with E-state index < -0.39 is 6.04 Å². The molecule has 186 valence electrons. The first-order valence-corrected chi connectivity index (χ1v) is 12.2. The molecule has 2 heterocycles. The summed E-state index contributed by atoms with van der Waals surface area (Å²) < 4.78 is 21.8. The second kappa shape index (κ2) is 9.68. The van der Waals surface area contributed by atoms with Crippen molar-refractivity contribution in [3.63, 3.8) is 0 Å². The van der Waals surface area contributed by atoms with Crippen LogP contribution < -0.4 is 18.9 Å². The van der Waals surface area contributed by atoms with Gasteiger partial charge in [0.05, 0.1) is 14.2 Å². The lowest BCUT2D eigenvalue weighted by atomic mass is 9.85. The average Bonchev–Trinajstić information content (AvgIpc) is 3.34. The van der Waals surface area contributed by atoms with E-state index in [1.807, 2.05) is 29.2 Å². The molecule has 0 unspecified atom stereocenters. The standard InChI is InChI=1S/C27H32N2O6/c1-17-4-8-20(9-5-17)28-15-25(30)29(14-18-6-10-22-24(12-18)35-16-34-22)26(27(28)31)19-7-11-21(32-2)23(13-19)33-3/h6-7,10-13,17,20,26H,4-5,8-9,14-16H2,1-3H3/t17?,20?,26-/m1/s1. The minimum absolute atomic E-state index is 0.0443. The first kappa shape index (κ1) is 23.3. The maximum Gasteiger partial charge on any atom is 0.250 e. The van der Waals surface area contributed by atoms with Gasteiger partial charge >= 0.3 is 0 Å². The third-order valence-corrected chi connectivity index (χ3v) is 7.39. The molecule has 2 aromatic rings. The smallest absolute Gasteiger partial charge is 0.250 e. The molecule has 3 aliphatic rings. The molecule has 0 spiro atoms. The van der Waals surface area contributed by atoms with Crippen LogP contribution in [0.15, 0.2) is 36.4 Å². The summed E-state index contributed by atoms with van der Waals surface area (Å²) >= 11 is 0. The number of hydrogen-bond acceptors (Lipinski definition) is 6. The Morgan fingerprint density at radius 3 is 2.40 bits per heavy atom. The van der Waals surface area contributed by atoms with Crippen molar-refractivity contribution in [1.82, 2.24) is 9.80 Å². The van der Waals surface area contributed by atoms with Crippen LogP contribution in [-0.4, -0.2) is 55.2 Å². The van der Waals surface area contributed by atoms with Crippen LogP contribution in [0.5, 0.6) is 23.0 Å².